The highest BCUT2D eigenvalue weighted by Crippen LogP contribution is 2.55. The maximum absolute atomic E-state index is 13.6. The number of cyclic esters (lactones) is 1. The van der Waals surface area contributed by atoms with Crippen LogP contribution in [0.25, 0.3) is 0 Å². The summed E-state index contributed by atoms with van der Waals surface area (Å²) in [7, 11) is -4.09. The fraction of sp³-hybridized carbons (Fsp3) is 0.400. The van der Waals surface area contributed by atoms with Gasteiger partial charge in [0, 0.05) is 29.9 Å². The van der Waals surface area contributed by atoms with E-state index >= 15 is 0 Å². The third-order valence-electron chi connectivity index (χ3n) is 7.79. The number of alkyl carbamates (subject to hydrolysis) is 1. The molecule has 0 aromatic heterocycles. The summed E-state index contributed by atoms with van der Waals surface area (Å²) in [4.78, 5) is 35.8. The van der Waals surface area contributed by atoms with Gasteiger partial charge in [-0.25, -0.2) is 26.4 Å². The SMILES string of the molecule is O=C1N[C@@H](C(=O)NC[C@]2(O)C3CC2C[C@@H](S(=O)(=O)c2cc(C(=O)Nc4cc(F)c(F)c(F)c4)ccc2Cl)C3)CO1. The van der Waals surface area contributed by atoms with Crippen molar-refractivity contribution in [2.24, 2.45) is 11.8 Å². The third kappa shape index (κ3) is 4.99. The number of carbonyl (C=O) groups is 3. The molecule has 2 aromatic rings. The highest BCUT2D eigenvalue weighted by atomic mass is 35.5. The summed E-state index contributed by atoms with van der Waals surface area (Å²) in [6, 6.07) is 3.77. The van der Waals surface area contributed by atoms with Gasteiger partial charge in [0.2, 0.25) is 5.91 Å². The van der Waals surface area contributed by atoms with Gasteiger partial charge in [-0.2, -0.15) is 0 Å². The van der Waals surface area contributed by atoms with Gasteiger partial charge in [0.1, 0.15) is 12.6 Å². The molecule has 2 unspecified atom stereocenters. The molecular weight excluding hydrogens is 579 g/mol. The summed E-state index contributed by atoms with van der Waals surface area (Å²) in [5, 5.41) is 17.2. The molecule has 4 aliphatic rings. The first kappa shape index (κ1) is 28.2. The zero-order valence-electron chi connectivity index (χ0n) is 20.5. The lowest BCUT2D eigenvalue weighted by Gasteiger charge is -2.58. The van der Waals surface area contributed by atoms with Crippen LogP contribution >= 0.6 is 11.6 Å². The van der Waals surface area contributed by atoms with Crippen LogP contribution in [0.2, 0.25) is 5.02 Å². The van der Waals surface area contributed by atoms with Crippen LogP contribution in [-0.2, 0) is 19.4 Å². The lowest BCUT2D eigenvalue weighted by Crippen LogP contribution is -2.66. The molecule has 6 rings (SSSR count). The van der Waals surface area contributed by atoms with Crippen molar-refractivity contribution in [2.75, 3.05) is 18.5 Å². The van der Waals surface area contributed by atoms with Crippen molar-refractivity contribution in [3.8, 4) is 0 Å². The molecule has 3 amide bonds. The van der Waals surface area contributed by atoms with Gasteiger partial charge in [-0.1, -0.05) is 11.6 Å². The number of hydrogen-bond acceptors (Lipinski definition) is 7. The number of ether oxygens (including phenoxy) is 1. The van der Waals surface area contributed by atoms with E-state index in [-0.39, 0.29) is 47.2 Å². The van der Waals surface area contributed by atoms with Crippen molar-refractivity contribution < 1.29 is 45.8 Å². The minimum atomic E-state index is -4.09. The van der Waals surface area contributed by atoms with Crippen molar-refractivity contribution in [2.45, 2.75) is 41.1 Å². The second-order valence-corrected chi connectivity index (χ2v) is 12.7. The minimum absolute atomic E-state index is 0.0787. The van der Waals surface area contributed by atoms with E-state index in [1.54, 1.807) is 0 Å². The van der Waals surface area contributed by atoms with Gasteiger partial charge < -0.3 is 25.8 Å². The molecule has 3 aliphatic carbocycles. The third-order valence-corrected chi connectivity index (χ3v) is 10.4. The zero-order valence-corrected chi connectivity index (χ0v) is 22.1. The van der Waals surface area contributed by atoms with Gasteiger partial charge in [0.05, 0.1) is 20.8 Å². The van der Waals surface area contributed by atoms with Crippen molar-refractivity contribution in [3.05, 3.63) is 58.4 Å². The van der Waals surface area contributed by atoms with Crippen LogP contribution in [-0.4, -0.2) is 61.5 Å². The molecule has 15 heteroatoms. The molecule has 3 atom stereocenters. The molecule has 4 fully saturated rings. The van der Waals surface area contributed by atoms with Gasteiger partial charge in [0.25, 0.3) is 5.91 Å². The first-order valence-corrected chi connectivity index (χ1v) is 14.1. The average Bonchev–Trinajstić information content (AvgIpc) is 3.36. The fourth-order valence-corrected chi connectivity index (χ4v) is 7.95. The molecule has 2 aromatic carbocycles. The average molecular weight is 602 g/mol. The molecule has 0 radical (unpaired) electrons. The predicted octanol–water partition coefficient (Wildman–Crippen LogP) is 2.54. The van der Waals surface area contributed by atoms with Gasteiger partial charge in [-0.3, -0.25) is 9.59 Å². The number of carbonyl (C=O) groups excluding carboxylic acids is 3. The van der Waals surface area contributed by atoms with Crippen LogP contribution in [0, 0.1) is 29.3 Å². The minimum Gasteiger partial charge on any atom is -0.447 e. The largest absolute Gasteiger partial charge is 0.447 e. The molecule has 1 saturated heterocycles. The smallest absolute Gasteiger partial charge is 0.407 e. The Kier molecular flexibility index (Phi) is 7.21. The second kappa shape index (κ2) is 10.2. The van der Waals surface area contributed by atoms with E-state index in [0.29, 0.717) is 18.6 Å². The number of hydrogen-bond donors (Lipinski definition) is 4. The number of nitrogens with one attached hydrogen (secondary N) is 3. The Morgan fingerprint density at radius 2 is 1.75 bits per heavy atom. The summed E-state index contributed by atoms with van der Waals surface area (Å²) in [5.74, 6) is -7.02. The second-order valence-electron chi connectivity index (χ2n) is 10.1. The van der Waals surface area contributed by atoms with E-state index in [0.717, 1.165) is 6.07 Å². The Morgan fingerprint density at radius 3 is 2.35 bits per heavy atom. The molecule has 3 saturated carbocycles. The van der Waals surface area contributed by atoms with E-state index in [2.05, 4.69) is 20.7 Å². The monoisotopic (exact) mass is 601 g/mol. The lowest BCUT2D eigenvalue weighted by molar-refractivity contribution is -0.174. The van der Waals surface area contributed by atoms with E-state index in [1.165, 1.54) is 12.1 Å². The van der Waals surface area contributed by atoms with Crippen LogP contribution in [0.4, 0.5) is 23.7 Å². The zero-order chi connectivity index (χ0) is 29.0. The number of benzene rings is 2. The number of sulfone groups is 1. The summed E-state index contributed by atoms with van der Waals surface area (Å²) in [6.07, 6.45) is -0.00113. The van der Waals surface area contributed by atoms with Crippen LogP contribution < -0.4 is 16.0 Å². The van der Waals surface area contributed by atoms with E-state index in [1.807, 2.05) is 0 Å². The molecule has 40 heavy (non-hydrogen) atoms. The fourth-order valence-electron chi connectivity index (χ4n) is 5.55. The van der Waals surface area contributed by atoms with Crippen LogP contribution in [0.15, 0.2) is 35.2 Å². The van der Waals surface area contributed by atoms with Crippen LogP contribution in [0.1, 0.15) is 29.6 Å². The summed E-state index contributed by atoms with van der Waals surface area (Å²) >= 11 is 6.20. The number of amides is 3. The Balaban J connectivity index is 1.27. The summed E-state index contributed by atoms with van der Waals surface area (Å²) < 4.78 is 72.0. The van der Waals surface area contributed by atoms with Crippen LogP contribution in [0.3, 0.4) is 0 Å². The van der Waals surface area contributed by atoms with Crippen molar-refractivity contribution in [1.82, 2.24) is 10.6 Å². The van der Waals surface area contributed by atoms with E-state index in [9.17, 15) is 41.1 Å². The standard InChI is InChI=1S/C25H23ClF3N3O7S/c26-16-2-1-11(22(33)31-14-7-17(27)21(29)18(28)8-14)3-20(16)40(37,38)15-5-12-4-13(6-15)25(12,36)10-30-23(34)19-9-39-24(35)32-19/h1-3,7-8,12-13,15,19,36H,4-6,9-10H2,(H,30,34)(H,31,33)(H,32,35)/t12?,13?,15-,19-,25-/m1/s1. The summed E-state index contributed by atoms with van der Waals surface area (Å²) in [6.45, 7) is -0.257. The first-order valence-electron chi connectivity index (χ1n) is 12.2. The van der Waals surface area contributed by atoms with E-state index in [4.69, 9.17) is 11.6 Å². The summed E-state index contributed by atoms with van der Waals surface area (Å²) in [5.41, 5.74) is -1.87. The van der Waals surface area contributed by atoms with Gasteiger partial charge in [0.15, 0.2) is 27.3 Å². The molecule has 1 heterocycles. The number of halogens is 4. The normalized spacial score (nSPS) is 27.3. The number of rotatable bonds is 7. The van der Waals surface area contributed by atoms with Crippen LogP contribution in [0.5, 0.6) is 0 Å². The molecule has 2 bridgehead atoms. The highest BCUT2D eigenvalue weighted by molar-refractivity contribution is 7.92. The Bertz CT molecular complexity index is 1490. The van der Waals surface area contributed by atoms with Gasteiger partial charge >= 0.3 is 6.09 Å². The van der Waals surface area contributed by atoms with Crippen molar-refractivity contribution in [1.29, 1.82) is 0 Å². The quantitative estimate of drug-likeness (QED) is 0.356. The van der Waals surface area contributed by atoms with Crippen molar-refractivity contribution in [3.63, 3.8) is 0 Å². The van der Waals surface area contributed by atoms with Gasteiger partial charge in [-0.15, -0.1) is 0 Å². The molecule has 0 spiro atoms. The molecule has 1 aliphatic heterocycles. The highest BCUT2D eigenvalue weighted by Gasteiger charge is 2.60. The molecule has 10 nitrogen and oxygen atoms in total. The maximum Gasteiger partial charge on any atom is 0.407 e. The number of anilines is 1. The molecule has 214 valence electrons. The number of aliphatic hydroxyl groups is 1. The Hall–Kier alpha value is -3.36. The Labute approximate surface area is 231 Å². The van der Waals surface area contributed by atoms with E-state index < -0.39 is 73.9 Å². The predicted molar refractivity (Wildman–Crippen MR) is 134 cm³/mol. The topological polar surface area (TPSA) is 151 Å². The maximum atomic E-state index is 13.6. The molecular formula is C25H23ClF3N3O7S. The molecule has 4 N–H and O–H groups in total. The Morgan fingerprint density at radius 1 is 1.10 bits per heavy atom. The van der Waals surface area contributed by atoms with Crippen molar-refractivity contribution >= 4 is 45.0 Å². The number of fused-ring (bicyclic) bond motifs is 2. The lowest BCUT2D eigenvalue weighted by atomic mass is 9.53. The van der Waals surface area contributed by atoms with Gasteiger partial charge in [-0.05, 0) is 49.3 Å². The first-order chi connectivity index (χ1) is 18.8.